The molecule has 0 bridgehead atoms. The third-order valence-electron chi connectivity index (χ3n) is 12.9. The van der Waals surface area contributed by atoms with Gasteiger partial charge in [0.15, 0.2) is 5.82 Å². The first-order valence-electron chi connectivity index (χ1n) is 21.2. The number of ether oxygens (including phenoxy) is 1. The van der Waals surface area contributed by atoms with Crippen LogP contribution in [0.4, 0.5) is 8.78 Å². The summed E-state index contributed by atoms with van der Waals surface area (Å²) in [7, 11) is 1.72. The molecule has 10 rings (SSSR count). The molecule has 1 saturated heterocycles. The summed E-state index contributed by atoms with van der Waals surface area (Å²) in [6, 6.07) is 14.4. The Kier molecular flexibility index (Phi) is 9.78. The number of imidazole rings is 1. The van der Waals surface area contributed by atoms with Gasteiger partial charge in [-0.05, 0) is 119 Å². The van der Waals surface area contributed by atoms with Crippen molar-refractivity contribution in [3.05, 3.63) is 144 Å². The zero-order chi connectivity index (χ0) is 44.1. The molecule has 324 valence electrons. The van der Waals surface area contributed by atoms with Crippen LogP contribution in [0.5, 0.6) is 0 Å². The molecule has 1 fully saturated rings. The highest BCUT2D eigenvalue weighted by Crippen LogP contribution is 2.38. The van der Waals surface area contributed by atoms with Crippen LogP contribution in [0.3, 0.4) is 0 Å². The Bertz CT molecular complexity index is 3230. The number of hydrogen-bond donors (Lipinski definition) is 1. The summed E-state index contributed by atoms with van der Waals surface area (Å²) in [4.78, 5) is 47.2. The second-order valence-electron chi connectivity index (χ2n) is 17.7. The lowest BCUT2D eigenvalue weighted by Gasteiger charge is -2.35. The molecule has 0 spiro atoms. The lowest BCUT2D eigenvalue weighted by molar-refractivity contribution is -0.0721. The Morgan fingerprint density at radius 1 is 1.00 bits per heavy atom. The van der Waals surface area contributed by atoms with Gasteiger partial charge in [0.1, 0.15) is 17.3 Å². The maximum atomic E-state index is 16.1. The molecule has 16 heteroatoms. The molecule has 63 heavy (non-hydrogen) atoms. The van der Waals surface area contributed by atoms with Gasteiger partial charge in [0.2, 0.25) is 0 Å². The maximum Gasteiger partial charge on any atom is 0.338 e. The number of fused-ring (bicyclic) bond motifs is 3. The topological polar surface area (TPSA) is 130 Å². The molecule has 7 heterocycles. The average Bonchev–Trinajstić information content (AvgIpc) is 4.08. The number of halogens is 2. The number of H-pyrrole nitrogens is 1. The number of aromatic amines is 1. The van der Waals surface area contributed by atoms with Crippen molar-refractivity contribution < 1.29 is 18.3 Å². The molecule has 1 amide bonds. The summed E-state index contributed by atoms with van der Waals surface area (Å²) in [5, 5.41) is 10.4. The van der Waals surface area contributed by atoms with E-state index in [9.17, 15) is 9.59 Å². The number of nitrogens with zero attached hydrogens (tertiary/aromatic N) is 8. The number of benzene rings is 3. The Balaban J connectivity index is 1.07. The second-order valence-corrected chi connectivity index (χ2v) is 18.8. The van der Waals surface area contributed by atoms with Gasteiger partial charge in [0.25, 0.3) is 5.91 Å². The smallest absolute Gasteiger partial charge is 0.338 e. The molecular formula is C47H47F2N9O4S. The molecule has 2 aliphatic heterocycles. The van der Waals surface area contributed by atoms with Crippen LogP contribution in [-0.4, -0.2) is 67.8 Å². The van der Waals surface area contributed by atoms with E-state index in [0.29, 0.717) is 70.5 Å². The number of nitrogens with one attached hydrogen (secondary N) is 1. The van der Waals surface area contributed by atoms with E-state index in [0.717, 1.165) is 53.0 Å². The fraction of sp³-hybridized carbons (Fsp3) is 0.340. The number of aromatic nitrogens is 8. The van der Waals surface area contributed by atoms with Gasteiger partial charge in [-0.25, -0.2) is 18.3 Å². The highest BCUT2D eigenvalue weighted by atomic mass is 32.1. The standard InChI is InChI=1S/C47H47F2N9O4S/c1-26-17-32(18-27(2)41(26)48)58-43(56-15-14-55(46(56)61)38-10-9-37-34(42(38)49)24-51-53(37)6)40-28(3)54(13-11-35(40)52-58)44(59)39-21-31-20-29(19-30-12-16-62-47(4,5)22-30)7-8-36(31)57(39)25-33-23-50-45(60)63-33/h7-10,14-15,17-18,20-21,23-24,28,30H,11-13,16,19,22,25H2,1-6H3,(H,50,60)/t28-,30+/m0/s1. The van der Waals surface area contributed by atoms with E-state index in [-0.39, 0.29) is 33.3 Å². The molecule has 0 aliphatic carbocycles. The number of rotatable bonds is 8. The van der Waals surface area contributed by atoms with Gasteiger partial charge in [-0.1, -0.05) is 17.4 Å². The van der Waals surface area contributed by atoms with E-state index in [1.54, 1.807) is 71.8 Å². The molecule has 5 aromatic heterocycles. The zero-order valence-electron chi connectivity index (χ0n) is 35.9. The van der Waals surface area contributed by atoms with E-state index in [1.165, 1.54) is 27.1 Å². The minimum Gasteiger partial charge on any atom is -0.376 e. The molecule has 2 atom stereocenters. The number of carbonyl (C=O) groups is 1. The lowest BCUT2D eigenvalue weighted by Crippen LogP contribution is -2.40. The van der Waals surface area contributed by atoms with Gasteiger partial charge >= 0.3 is 10.6 Å². The van der Waals surface area contributed by atoms with Crippen molar-refractivity contribution in [3.63, 3.8) is 0 Å². The molecule has 1 N–H and O–H groups in total. The number of carbonyl (C=O) groups excluding carboxylic acids is 1. The van der Waals surface area contributed by atoms with E-state index < -0.39 is 17.5 Å². The monoisotopic (exact) mass is 871 g/mol. The van der Waals surface area contributed by atoms with E-state index in [1.807, 2.05) is 17.6 Å². The molecule has 13 nitrogen and oxygen atoms in total. The number of aryl methyl sites for hydroxylation is 3. The van der Waals surface area contributed by atoms with Gasteiger partial charge < -0.3 is 19.2 Å². The van der Waals surface area contributed by atoms with Crippen LogP contribution in [0.25, 0.3) is 39.0 Å². The highest BCUT2D eigenvalue weighted by molar-refractivity contribution is 7.09. The minimum atomic E-state index is -0.590. The van der Waals surface area contributed by atoms with Crippen LogP contribution in [0.1, 0.15) is 83.0 Å². The molecule has 0 unspecified atom stereocenters. The molecule has 2 aliphatic rings. The first-order chi connectivity index (χ1) is 30.2. The fourth-order valence-electron chi connectivity index (χ4n) is 9.84. The summed E-state index contributed by atoms with van der Waals surface area (Å²) in [6.45, 7) is 10.9. The van der Waals surface area contributed by atoms with Gasteiger partial charge in [-0.2, -0.15) is 10.2 Å². The van der Waals surface area contributed by atoms with E-state index >= 15 is 13.6 Å². The lowest BCUT2D eigenvalue weighted by atomic mass is 9.84. The predicted molar refractivity (Wildman–Crippen MR) is 238 cm³/mol. The van der Waals surface area contributed by atoms with Crippen LogP contribution in [0.2, 0.25) is 0 Å². The van der Waals surface area contributed by atoms with Gasteiger partial charge in [0, 0.05) is 66.6 Å². The van der Waals surface area contributed by atoms with E-state index in [2.05, 4.69) is 42.1 Å². The molecular weight excluding hydrogens is 825 g/mol. The van der Waals surface area contributed by atoms with Crippen molar-refractivity contribution in [2.45, 2.75) is 78.5 Å². The SMILES string of the molecule is Cc1cc(-n2nc3c(c2-n2ccn(-c4ccc5c(cnn5C)c4F)c2=O)[C@H](C)N(C(=O)c2cc4cc(C[C@H]5CCOC(C)(C)C5)ccc4n2Cc2c[nH]c(=O)s2)CC3)cc(C)c1F. The van der Waals surface area contributed by atoms with Crippen molar-refractivity contribution in [1.82, 2.24) is 43.1 Å². The second kappa shape index (κ2) is 15.2. The number of amides is 1. The van der Waals surface area contributed by atoms with Crippen molar-refractivity contribution >= 4 is 39.0 Å². The summed E-state index contributed by atoms with van der Waals surface area (Å²) < 4.78 is 44.9. The third kappa shape index (κ3) is 6.95. The zero-order valence-corrected chi connectivity index (χ0v) is 36.7. The average molecular weight is 872 g/mol. The van der Waals surface area contributed by atoms with Crippen LogP contribution < -0.4 is 10.6 Å². The molecule has 8 aromatic rings. The molecule has 0 saturated carbocycles. The quantitative estimate of drug-likeness (QED) is 0.166. The predicted octanol–water partition coefficient (Wildman–Crippen LogP) is 7.86. The summed E-state index contributed by atoms with van der Waals surface area (Å²) in [6.07, 6.45) is 9.42. The molecule has 0 radical (unpaired) electrons. The minimum absolute atomic E-state index is 0.0533. The van der Waals surface area contributed by atoms with Crippen LogP contribution in [0.15, 0.2) is 82.9 Å². The van der Waals surface area contributed by atoms with Gasteiger partial charge in [0.05, 0.1) is 52.4 Å². The Labute approximate surface area is 364 Å². The number of thiazole rings is 1. The van der Waals surface area contributed by atoms with E-state index in [4.69, 9.17) is 9.84 Å². The molecule has 3 aromatic carbocycles. The fourth-order valence-corrected chi connectivity index (χ4v) is 10.5. The Morgan fingerprint density at radius 2 is 1.76 bits per heavy atom. The number of hydrogen-bond acceptors (Lipinski definition) is 7. The Hall–Kier alpha value is -6.39. The Morgan fingerprint density at radius 3 is 2.51 bits per heavy atom. The summed E-state index contributed by atoms with van der Waals surface area (Å²) in [5.41, 5.74) is 5.12. The normalized spacial score (nSPS) is 17.6. The highest BCUT2D eigenvalue weighted by Gasteiger charge is 2.37. The van der Waals surface area contributed by atoms with Crippen molar-refractivity contribution in [1.29, 1.82) is 0 Å². The van der Waals surface area contributed by atoms with Crippen molar-refractivity contribution in [2.24, 2.45) is 13.0 Å². The first-order valence-corrected chi connectivity index (χ1v) is 22.0. The van der Waals surface area contributed by atoms with Gasteiger partial charge in [-0.3, -0.25) is 23.4 Å². The van der Waals surface area contributed by atoms with Crippen LogP contribution >= 0.6 is 11.3 Å². The van der Waals surface area contributed by atoms with Crippen LogP contribution in [0, 0.1) is 31.4 Å². The maximum absolute atomic E-state index is 16.1. The van der Waals surface area contributed by atoms with Crippen molar-refractivity contribution in [3.8, 4) is 17.2 Å². The summed E-state index contributed by atoms with van der Waals surface area (Å²) in [5.74, 6) is -0.308. The van der Waals surface area contributed by atoms with Gasteiger partial charge in [-0.15, -0.1) is 0 Å². The largest absolute Gasteiger partial charge is 0.376 e. The van der Waals surface area contributed by atoms with Crippen molar-refractivity contribution in [2.75, 3.05) is 13.2 Å². The first kappa shape index (κ1) is 40.7. The summed E-state index contributed by atoms with van der Waals surface area (Å²) >= 11 is 1.11. The van der Waals surface area contributed by atoms with Crippen LogP contribution in [-0.2, 0) is 31.2 Å². The third-order valence-corrected chi connectivity index (χ3v) is 13.7.